The number of nitrogens with zero attached hydrogens (tertiary/aromatic N) is 1. The van der Waals surface area contributed by atoms with Crippen molar-refractivity contribution in [3.8, 4) is 5.75 Å². The highest BCUT2D eigenvalue weighted by molar-refractivity contribution is 9.10. The highest BCUT2D eigenvalue weighted by Gasteiger charge is 2.26. The van der Waals surface area contributed by atoms with Crippen LogP contribution in [0.2, 0.25) is 0 Å². The minimum Gasteiger partial charge on any atom is -0.496 e. The van der Waals surface area contributed by atoms with Crippen molar-refractivity contribution in [2.45, 2.75) is 0 Å². The maximum Gasteiger partial charge on any atom is 0.299 e. The van der Waals surface area contributed by atoms with Crippen LogP contribution in [0, 0.1) is 10.1 Å². The lowest BCUT2D eigenvalue weighted by Gasteiger charge is -2.06. The maximum atomic E-state index is 11.1. The molecule has 0 aliphatic rings. The standard InChI is InChI=1S/C8H7BrN2O4/c1-15-5-3-2-4(9)7(11(13)14)6(5)8(10)12/h2-3H,1H3,(H2,10,12). The molecule has 0 aliphatic heterocycles. The summed E-state index contributed by atoms with van der Waals surface area (Å²) in [5.41, 5.74) is 4.43. The van der Waals surface area contributed by atoms with Gasteiger partial charge in [0.15, 0.2) is 5.56 Å². The summed E-state index contributed by atoms with van der Waals surface area (Å²) in [5, 5.41) is 10.7. The van der Waals surface area contributed by atoms with Crippen molar-refractivity contribution in [1.29, 1.82) is 0 Å². The van der Waals surface area contributed by atoms with Gasteiger partial charge in [0, 0.05) is 0 Å². The summed E-state index contributed by atoms with van der Waals surface area (Å²) in [7, 11) is 1.30. The number of methoxy groups -OCH3 is 1. The number of nitrogens with two attached hydrogens (primary N) is 1. The van der Waals surface area contributed by atoms with Crippen LogP contribution in [0.15, 0.2) is 16.6 Å². The lowest BCUT2D eigenvalue weighted by Crippen LogP contribution is -2.15. The molecule has 80 valence electrons. The SMILES string of the molecule is COc1ccc(Br)c([N+](=O)[O-])c1C(N)=O. The molecular formula is C8H7BrN2O4. The summed E-state index contributed by atoms with van der Waals surface area (Å²) in [4.78, 5) is 21.1. The summed E-state index contributed by atoms with van der Waals surface area (Å²) >= 11 is 2.97. The molecule has 1 aromatic rings. The van der Waals surface area contributed by atoms with E-state index in [0.717, 1.165) is 0 Å². The predicted molar refractivity (Wildman–Crippen MR) is 55.9 cm³/mol. The fourth-order valence-electron chi connectivity index (χ4n) is 1.13. The third-order valence-corrected chi connectivity index (χ3v) is 2.38. The Balaban J connectivity index is 3.58. The first-order valence-electron chi connectivity index (χ1n) is 3.79. The lowest BCUT2D eigenvalue weighted by atomic mass is 10.1. The first-order chi connectivity index (χ1) is 6.99. The molecule has 0 heterocycles. The number of primary amides is 1. The Kier molecular flexibility index (Phi) is 3.25. The van der Waals surface area contributed by atoms with Crippen molar-refractivity contribution in [2.24, 2.45) is 5.73 Å². The molecular weight excluding hydrogens is 268 g/mol. The molecule has 0 saturated heterocycles. The van der Waals surface area contributed by atoms with Crippen molar-refractivity contribution in [1.82, 2.24) is 0 Å². The molecule has 0 unspecified atom stereocenters. The summed E-state index contributed by atoms with van der Waals surface area (Å²) in [6.07, 6.45) is 0. The fraction of sp³-hybridized carbons (Fsp3) is 0.125. The van der Waals surface area contributed by atoms with E-state index in [0.29, 0.717) is 0 Å². The van der Waals surface area contributed by atoms with E-state index in [1.54, 1.807) is 0 Å². The highest BCUT2D eigenvalue weighted by atomic mass is 79.9. The van der Waals surface area contributed by atoms with Crippen molar-refractivity contribution < 1.29 is 14.5 Å². The van der Waals surface area contributed by atoms with E-state index in [-0.39, 0.29) is 21.5 Å². The Morgan fingerprint density at radius 3 is 2.60 bits per heavy atom. The molecule has 0 bridgehead atoms. The quantitative estimate of drug-likeness (QED) is 0.667. The summed E-state index contributed by atoms with van der Waals surface area (Å²) in [5.74, 6) is -0.822. The van der Waals surface area contributed by atoms with Gasteiger partial charge >= 0.3 is 0 Å². The Morgan fingerprint density at radius 2 is 2.20 bits per heavy atom. The highest BCUT2D eigenvalue weighted by Crippen LogP contribution is 2.34. The molecule has 0 atom stereocenters. The van der Waals surface area contributed by atoms with Gasteiger partial charge in [0.25, 0.3) is 11.6 Å². The van der Waals surface area contributed by atoms with Crippen LogP contribution < -0.4 is 10.5 Å². The number of hydrogen-bond acceptors (Lipinski definition) is 4. The molecule has 2 N–H and O–H groups in total. The van der Waals surface area contributed by atoms with Crippen molar-refractivity contribution in [2.75, 3.05) is 7.11 Å². The van der Waals surface area contributed by atoms with Gasteiger partial charge in [-0.2, -0.15) is 0 Å². The van der Waals surface area contributed by atoms with E-state index in [2.05, 4.69) is 15.9 Å². The van der Waals surface area contributed by atoms with E-state index in [1.807, 2.05) is 0 Å². The molecule has 15 heavy (non-hydrogen) atoms. The zero-order valence-electron chi connectivity index (χ0n) is 7.69. The molecule has 0 saturated carbocycles. The van der Waals surface area contributed by atoms with Crippen molar-refractivity contribution in [3.63, 3.8) is 0 Å². The maximum absolute atomic E-state index is 11.1. The molecule has 1 rings (SSSR count). The minimum atomic E-state index is -0.903. The van der Waals surface area contributed by atoms with E-state index in [9.17, 15) is 14.9 Å². The van der Waals surface area contributed by atoms with Crippen molar-refractivity contribution >= 4 is 27.5 Å². The lowest BCUT2D eigenvalue weighted by molar-refractivity contribution is -0.386. The van der Waals surface area contributed by atoms with Gasteiger partial charge in [-0.25, -0.2) is 0 Å². The number of hydrogen-bond donors (Lipinski definition) is 1. The zero-order chi connectivity index (χ0) is 11.6. The summed E-state index contributed by atoms with van der Waals surface area (Å²) < 4.78 is 5.01. The summed E-state index contributed by atoms with van der Waals surface area (Å²) in [6, 6.07) is 2.85. The first-order valence-corrected chi connectivity index (χ1v) is 4.59. The number of nitro groups is 1. The Labute approximate surface area is 93.3 Å². The van der Waals surface area contributed by atoms with Crippen LogP contribution in [-0.4, -0.2) is 17.9 Å². The smallest absolute Gasteiger partial charge is 0.299 e. The van der Waals surface area contributed by atoms with Crippen LogP contribution in [0.3, 0.4) is 0 Å². The first kappa shape index (κ1) is 11.4. The average molecular weight is 275 g/mol. The molecule has 1 amide bonds. The van der Waals surface area contributed by atoms with Crippen LogP contribution >= 0.6 is 15.9 Å². The van der Waals surface area contributed by atoms with Gasteiger partial charge in [0.05, 0.1) is 16.5 Å². The number of ether oxygens (including phenoxy) is 1. The van der Waals surface area contributed by atoms with Gasteiger partial charge in [0.1, 0.15) is 5.75 Å². The number of carbonyl (C=O) groups is 1. The Morgan fingerprint density at radius 1 is 1.60 bits per heavy atom. The predicted octanol–water partition coefficient (Wildman–Crippen LogP) is 1.46. The van der Waals surface area contributed by atoms with Crippen LogP contribution in [0.1, 0.15) is 10.4 Å². The molecule has 7 heteroatoms. The van der Waals surface area contributed by atoms with Crippen LogP contribution in [0.25, 0.3) is 0 Å². The second-order valence-corrected chi connectivity index (χ2v) is 3.45. The number of benzene rings is 1. The normalized spacial score (nSPS) is 9.73. The van der Waals surface area contributed by atoms with Gasteiger partial charge in [-0.1, -0.05) is 0 Å². The Bertz CT molecular complexity index is 433. The second kappa shape index (κ2) is 4.26. The van der Waals surface area contributed by atoms with E-state index in [1.165, 1.54) is 19.2 Å². The number of nitro benzene ring substituents is 1. The topological polar surface area (TPSA) is 95.5 Å². The van der Waals surface area contributed by atoms with E-state index < -0.39 is 10.8 Å². The van der Waals surface area contributed by atoms with E-state index >= 15 is 0 Å². The van der Waals surface area contributed by atoms with Gasteiger partial charge in [-0.15, -0.1) is 0 Å². The molecule has 0 aromatic heterocycles. The molecule has 0 radical (unpaired) electrons. The van der Waals surface area contributed by atoms with Crippen LogP contribution in [0.4, 0.5) is 5.69 Å². The van der Waals surface area contributed by atoms with E-state index in [4.69, 9.17) is 10.5 Å². The van der Waals surface area contributed by atoms with Gasteiger partial charge < -0.3 is 10.5 Å². The molecule has 0 aliphatic carbocycles. The molecule has 0 spiro atoms. The number of carbonyl (C=O) groups excluding carboxylic acids is 1. The second-order valence-electron chi connectivity index (χ2n) is 2.59. The fourth-order valence-corrected chi connectivity index (χ4v) is 1.61. The summed E-state index contributed by atoms with van der Waals surface area (Å²) in [6.45, 7) is 0. The number of rotatable bonds is 3. The number of amides is 1. The molecule has 0 fully saturated rings. The molecule has 6 nitrogen and oxygen atoms in total. The zero-order valence-corrected chi connectivity index (χ0v) is 9.28. The monoisotopic (exact) mass is 274 g/mol. The third kappa shape index (κ3) is 2.07. The van der Waals surface area contributed by atoms with Gasteiger partial charge in [0.2, 0.25) is 0 Å². The third-order valence-electron chi connectivity index (χ3n) is 1.74. The average Bonchev–Trinajstić information content (AvgIpc) is 2.16. The van der Waals surface area contributed by atoms with Crippen LogP contribution in [-0.2, 0) is 0 Å². The minimum absolute atomic E-state index is 0.0809. The van der Waals surface area contributed by atoms with Crippen LogP contribution in [0.5, 0.6) is 5.75 Å². The molecule has 1 aromatic carbocycles. The van der Waals surface area contributed by atoms with Gasteiger partial charge in [-0.05, 0) is 28.1 Å². The largest absolute Gasteiger partial charge is 0.496 e. The Hall–Kier alpha value is -1.63. The number of halogens is 1. The van der Waals surface area contributed by atoms with Crippen molar-refractivity contribution in [3.05, 3.63) is 32.3 Å². The van der Waals surface area contributed by atoms with Gasteiger partial charge in [-0.3, -0.25) is 14.9 Å².